The molecule has 1 unspecified atom stereocenters. The van der Waals surface area contributed by atoms with Crippen molar-refractivity contribution in [3.05, 3.63) is 29.8 Å². The molecule has 0 aliphatic rings. The maximum Gasteiger partial charge on any atom is 0.119 e. The van der Waals surface area contributed by atoms with Gasteiger partial charge in [-0.15, -0.1) is 0 Å². The number of ether oxygens (including phenoxy) is 1. The van der Waals surface area contributed by atoms with Crippen molar-refractivity contribution in [3.63, 3.8) is 0 Å². The third-order valence-corrected chi connectivity index (χ3v) is 3.54. The summed E-state index contributed by atoms with van der Waals surface area (Å²) >= 11 is 0. The molecule has 1 rings (SSSR count). The van der Waals surface area contributed by atoms with E-state index in [-0.39, 0.29) is 12.1 Å². The lowest BCUT2D eigenvalue weighted by atomic mass is 9.99. The molecule has 3 nitrogen and oxygen atoms in total. The molecule has 0 heterocycles. The van der Waals surface area contributed by atoms with Gasteiger partial charge in [-0.2, -0.15) is 0 Å². The molecule has 1 aromatic carbocycles. The minimum Gasteiger partial charge on any atom is -0.494 e. The van der Waals surface area contributed by atoms with E-state index in [1.54, 1.807) is 0 Å². The fourth-order valence-corrected chi connectivity index (χ4v) is 2.09. The highest BCUT2D eigenvalue weighted by Crippen LogP contribution is 2.15. The lowest BCUT2D eigenvalue weighted by Crippen LogP contribution is -2.47. The summed E-state index contributed by atoms with van der Waals surface area (Å²) in [6, 6.07) is 8.31. The van der Waals surface area contributed by atoms with Crippen molar-refractivity contribution in [3.8, 4) is 5.75 Å². The summed E-state index contributed by atoms with van der Waals surface area (Å²) in [4.78, 5) is 0. The Kier molecular flexibility index (Phi) is 7.63. The van der Waals surface area contributed by atoms with Gasteiger partial charge in [-0.1, -0.05) is 32.4 Å². The Morgan fingerprint density at radius 2 is 1.85 bits per heavy atom. The third kappa shape index (κ3) is 5.93. The van der Waals surface area contributed by atoms with Crippen molar-refractivity contribution in [2.45, 2.75) is 52.0 Å². The van der Waals surface area contributed by atoms with Gasteiger partial charge < -0.3 is 15.2 Å². The van der Waals surface area contributed by atoms with Crippen LogP contribution in [0.4, 0.5) is 0 Å². The predicted octanol–water partition coefficient (Wildman–Crippen LogP) is 3.16. The van der Waals surface area contributed by atoms with Gasteiger partial charge in [0.15, 0.2) is 0 Å². The number of aliphatic hydroxyl groups excluding tert-OH is 1. The molecule has 0 aliphatic heterocycles. The van der Waals surface area contributed by atoms with E-state index >= 15 is 0 Å². The van der Waals surface area contributed by atoms with Gasteiger partial charge in [-0.3, -0.25) is 0 Å². The minimum absolute atomic E-state index is 0.131. The molecular formula is C17H29NO2. The van der Waals surface area contributed by atoms with Gasteiger partial charge in [-0.05, 0) is 44.0 Å². The zero-order valence-electron chi connectivity index (χ0n) is 13.1. The minimum atomic E-state index is -0.252. The van der Waals surface area contributed by atoms with Gasteiger partial charge in [0, 0.05) is 12.0 Å². The zero-order valence-corrected chi connectivity index (χ0v) is 13.1. The SMILES string of the molecule is CCCNC(C)(CO)CCOc1ccc(CCC)cc1. The van der Waals surface area contributed by atoms with E-state index in [4.69, 9.17) is 4.74 Å². The van der Waals surface area contributed by atoms with E-state index in [9.17, 15) is 5.11 Å². The van der Waals surface area contributed by atoms with Crippen LogP contribution in [0.3, 0.4) is 0 Å². The lowest BCUT2D eigenvalue weighted by molar-refractivity contribution is 0.144. The largest absolute Gasteiger partial charge is 0.494 e. The van der Waals surface area contributed by atoms with Crippen molar-refractivity contribution < 1.29 is 9.84 Å². The molecule has 0 amide bonds. The summed E-state index contributed by atoms with van der Waals surface area (Å²) in [6.07, 6.45) is 4.14. The van der Waals surface area contributed by atoms with Crippen LogP contribution < -0.4 is 10.1 Å². The molecule has 2 N–H and O–H groups in total. The quantitative estimate of drug-likeness (QED) is 0.691. The standard InChI is InChI=1S/C17H29NO2/c1-4-6-15-7-9-16(10-8-15)20-13-11-17(3,14-19)18-12-5-2/h7-10,18-19H,4-6,11-14H2,1-3H3. The van der Waals surface area contributed by atoms with Crippen LogP contribution in [0.25, 0.3) is 0 Å². The van der Waals surface area contributed by atoms with Crippen LogP contribution in [0.5, 0.6) is 5.75 Å². The first kappa shape index (κ1) is 17.0. The van der Waals surface area contributed by atoms with Gasteiger partial charge in [0.05, 0.1) is 13.2 Å². The molecule has 1 aromatic rings. The third-order valence-electron chi connectivity index (χ3n) is 3.54. The van der Waals surface area contributed by atoms with E-state index in [1.165, 1.54) is 5.56 Å². The van der Waals surface area contributed by atoms with E-state index in [2.05, 4.69) is 31.3 Å². The van der Waals surface area contributed by atoms with E-state index in [0.29, 0.717) is 6.61 Å². The second-order valence-electron chi connectivity index (χ2n) is 5.64. The lowest BCUT2D eigenvalue weighted by Gasteiger charge is -2.28. The van der Waals surface area contributed by atoms with Crippen molar-refractivity contribution >= 4 is 0 Å². The molecule has 0 spiro atoms. The van der Waals surface area contributed by atoms with Crippen LogP contribution in [-0.4, -0.2) is 30.4 Å². The summed E-state index contributed by atoms with van der Waals surface area (Å²) in [5, 5.41) is 12.9. The Balaban J connectivity index is 2.38. The Morgan fingerprint density at radius 3 is 2.40 bits per heavy atom. The topological polar surface area (TPSA) is 41.5 Å². The van der Waals surface area contributed by atoms with E-state index < -0.39 is 0 Å². The highest BCUT2D eigenvalue weighted by molar-refractivity contribution is 5.27. The molecule has 0 aliphatic carbocycles. The summed E-state index contributed by atoms with van der Waals surface area (Å²) in [6.45, 7) is 8.01. The summed E-state index contributed by atoms with van der Waals surface area (Å²) in [5.74, 6) is 0.903. The molecule has 20 heavy (non-hydrogen) atoms. The molecule has 1 atom stereocenters. The molecule has 0 saturated carbocycles. The molecule has 0 radical (unpaired) electrons. The molecule has 3 heteroatoms. The number of aliphatic hydroxyl groups is 1. The smallest absolute Gasteiger partial charge is 0.119 e. The zero-order chi connectivity index (χ0) is 14.8. The molecular weight excluding hydrogens is 250 g/mol. The Hall–Kier alpha value is -1.06. The first-order valence-electron chi connectivity index (χ1n) is 7.71. The van der Waals surface area contributed by atoms with Crippen LogP contribution >= 0.6 is 0 Å². The van der Waals surface area contributed by atoms with Crippen LogP contribution in [-0.2, 0) is 6.42 Å². The van der Waals surface area contributed by atoms with Crippen molar-refractivity contribution in [2.75, 3.05) is 19.8 Å². The average molecular weight is 279 g/mol. The number of hydrogen-bond donors (Lipinski definition) is 2. The van der Waals surface area contributed by atoms with Crippen LogP contribution in [0, 0.1) is 0 Å². The van der Waals surface area contributed by atoms with Gasteiger partial charge in [0.1, 0.15) is 5.75 Å². The molecule has 0 bridgehead atoms. The fraction of sp³-hybridized carbons (Fsp3) is 0.647. The second kappa shape index (κ2) is 8.98. The molecule has 0 aromatic heterocycles. The molecule has 114 valence electrons. The number of rotatable bonds is 10. The normalized spacial score (nSPS) is 14.0. The summed E-state index contributed by atoms with van der Waals surface area (Å²) < 4.78 is 5.77. The maximum atomic E-state index is 9.49. The highest BCUT2D eigenvalue weighted by Gasteiger charge is 2.21. The van der Waals surface area contributed by atoms with E-state index in [1.807, 2.05) is 19.1 Å². The monoisotopic (exact) mass is 279 g/mol. The predicted molar refractivity (Wildman–Crippen MR) is 84.3 cm³/mol. The van der Waals surface area contributed by atoms with Crippen molar-refractivity contribution in [2.24, 2.45) is 0 Å². The van der Waals surface area contributed by atoms with Crippen LogP contribution in [0.2, 0.25) is 0 Å². The Bertz CT molecular complexity index is 364. The molecule has 0 fully saturated rings. The summed E-state index contributed by atoms with van der Waals surface area (Å²) in [5.41, 5.74) is 1.10. The number of benzene rings is 1. The number of nitrogens with one attached hydrogen (secondary N) is 1. The second-order valence-corrected chi connectivity index (χ2v) is 5.64. The highest BCUT2D eigenvalue weighted by atomic mass is 16.5. The van der Waals surface area contributed by atoms with Gasteiger partial charge in [0.2, 0.25) is 0 Å². The average Bonchev–Trinajstić information content (AvgIpc) is 2.47. The molecule has 0 saturated heterocycles. The first-order valence-corrected chi connectivity index (χ1v) is 7.71. The van der Waals surface area contributed by atoms with Gasteiger partial charge >= 0.3 is 0 Å². The Morgan fingerprint density at radius 1 is 1.15 bits per heavy atom. The van der Waals surface area contributed by atoms with Crippen LogP contribution in [0.15, 0.2) is 24.3 Å². The van der Waals surface area contributed by atoms with E-state index in [0.717, 1.165) is 38.0 Å². The fourth-order valence-electron chi connectivity index (χ4n) is 2.09. The maximum absolute atomic E-state index is 9.49. The van der Waals surface area contributed by atoms with Gasteiger partial charge in [-0.25, -0.2) is 0 Å². The van der Waals surface area contributed by atoms with Gasteiger partial charge in [0.25, 0.3) is 0 Å². The van der Waals surface area contributed by atoms with Crippen molar-refractivity contribution in [1.82, 2.24) is 5.32 Å². The van der Waals surface area contributed by atoms with Crippen LogP contribution in [0.1, 0.15) is 45.6 Å². The number of hydrogen-bond acceptors (Lipinski definition) is 3. The number of aryl methyl sites for hydroxylation is 1. The summed E-state index contributed by atoms with van der Waals surface area (Å²) in [7, 11) is 0. The first-order chi connectivity index (χ1) is 9.63. The van der Waals surface area contributed by atoms with Crippen molar-refractivity contribution in [1.29, 1.82) is 0 Å². The Labute approximate surface area is 123 Å².